The van der Waals surface area contributed by atoms with Gasteiger partial charge in [-0.1, -0.05) is 25.0 Å². The lowest BCUT2D eigenvalue weighted by molar-refractivity contribution is -0.147. The van der Waals surface area contributed by atoms with Gasteiger partial charge in [0.1, 0.15) is 5.82 Å². The van der Waals surface area contributed by atoms with E-state index in [-0.39, 0.29) is 11.7 Å². The van der Waals surface area contributed by atoms with Crippen molar-refractivity contribution in [3.63, 3.8) is 0 Å². The van der Waals surface area contributed by atoms with Crippen molar-refractivity contribution in [3.05, 3.63) is 35.6 Å². The fourth-order valence-corrected chi connectivity index (χ4v) is 2.75. The molecular weight excluding hydrogens is 235 g/mol. The van der Waals surface area contributed by atoms with Crippen LogP contribution in [0.1, 0.15) is 37.4 Å². The van der Waals surface area contributed by atoms with E-state index in [1.54, 1.807) is 0 Å². The summed E-state index contributed by atoms with van der Waals surface area (Å²) in [5.41, 5.74) is 0.592. The van der Waals surface area contributed by atoms with Crippen LogP contribution in [0.15, 0.2) is 24.3 Å². The van der Waals surface area contributed by atoms with Gasteiger partial charge in [-0.3, -0.25) is 4.79 Å². The summed E-state index contributed by atoms with van der Waals surface area (Å²) < 4.78 is 12.8. The molecule has 0 saturated heterocycles. The lowest BCUT2D eigenvalue weighted by atomic mass is 9.74. The molecule has 0 heterocycles. The molecule has 3 nitrogen and oxygen atoms in total. The van der Waals surface area contributed by atoms with Gasteiger partial charge in [-0.2, -0.15) is 0 Å². The molecule has 1 aliphatic rings. The van der Waals surface area contributed by atoms with Gasteiger partial charge in [-0.25, -0.2) is 4.39 Å². The summed E-state index contributed by atoms with van der Waals surface area (Å²) >= 11 is 0. The second-order valence-electron chi connectivity index (χ2n) is 4.89. The Bertz CT molecular complexity index is 416. The molecular formula is C14H17FO3. The van der Waals surface area contributed by atoms with Crippen LogP contribution in [-0.2, 0) is 4.79 Å². The quantitative estimate of drug-likeness (QED) is 0.869. The van der Waals surface area contributed by atoms with Crippen LogP contribution in [0.2, 0.25) is 0 Å². The standard InChI is InChI=1S/C14H17FO3/c15-10-7-5-9(6-8-10)13(16)11-3-1-2-4-12(11)14(17)18/h5-8,11-13,16H,1-4H2,(H,17,18). The Balaban J connectivity index is 2.17. The zero-order valence-electron chi connectivity index (χ0n) is 10.1. The number of hydrogen-bond acceptors (Lipinski definition) is 2. The molecule has 1 aliphatic carbocycles. The molecule has 98 valence electrons. The van der Waals surface area contributed by atoms with Gasteiger partial charge in [0.2, 0.25) is 0 Å². The molecule has 2 rings (SSSR count). The largest absolute Gasteiger partial charge is 0.481 e. The molecule has 1 aromatic carbocycles. The molecule has 2 N–H and O–H groups in total. The molecule has 4 heteroatoms. The van der Waals surface area contributed by atoms with Crippen LogP contribution < -0.4 is 0 Å². The highest BCUT2D eigenvalue weighted by molar-refractivity contribution is 5.70. The first-order chi connectivity index (χ1) is 8.59. The Morgan fingerprint density at radius 2 is 1.83 bits per heavy atom. The lowest BCUT2D eigenvalue weighted by Gasteiger charge is -2.32. The van der Waals surface area contributed by atoms with E-state index in [1.807, 2.05) is 0 Å². The van der Waals surface area contributed by atoms with E-state index < -0.39 is 18.0 Å². The second kappa shape index (κ2) is 5.48. The summed E-state index contributed by atoms with van der Waals surface area (Å²) in [7, 11) is 0. The van der Waals surface area contributed by atoms with Gasteiger partial charge < -0.3 is 10.2 Å². The molecule has 0 aliphatic heterocycles. The maximum atomic E-state index is 12.8. The van der Waals surface area contributed by atoms with Crippen LogP contribution in [0.25, 0.3) is 0 Å². The van der Waals surface area contributed by atoms with Crippen LogP contribution in [-0.4, -0.2) is 16.2 Å². The highest BCUT2D eigenvalue weighted by Gasteiger charge is 2.35. The molecule has 0 spiro atoms. The predicted molar refractivity (Wildman–Crippen MR) is 64.4 cm³/mol. The van der Waals surface area contributed by atoms with E-state index in [1.165, 1.54) is 24.3 Å². The molecule has 3 atom stereocenters. The number of carbonyl (C=O) groups is 1. The third-order valence-electron chi connectivity index (χ3n) is 3.75. The van der Waals surface area contributed by atoms with Crippen LogP contribution in [0, 0.1) is 17.7 Å². The van der Waals surface area contributed by atoms with Gasteiger partial charge in [0.15, 0.2) is 0 Å². The van der Waals surface area contributed by atoms with Crippen LogP contribution in [0.4, 0.5) is 4.39 Å². The highest BCUT2D eigenvalue weighted by atomic mass is 19.1. The Kier molecular flexibility index (Phi) is 3.97. The molecule has 18 heavy (non-hydrogen) atoms. The summed E-state index contributed by atoms with van der Waals surface area (Å²) in [6.45, 7) is 0. The number of aliphatic hydroxyl groups excluding tert-OH is 1. The summed E-state index contributed by atoms with van der Waals surface area (Å²) in [6.07, 6.45) is 2.32. The number of carboxylic acid groups (broad SMARTS) is 1. The molecule has 1 saturated carbocycles. The van der Waals surface area contributed by atoms with E-state index >= 15 is 0 Å². The number of aliphatic hydroxyl groups is 1. The normalized spacial score (nSPS) is 25.7. The number of aliphatic carboxylic acids is 1. The van der Waals surface area contributed by atoms with Gasteiger partial charge in [-0.05, 0) is 30.5 Å². The summed E-state index contributed by atoms with van der Waals surface area (Å²) in [5, 5.41) is 19.4. The topological polar surface area (TPSA) is 57.5 Å². The smallest absolute Gasteiger partial charge is 0.306 e. The molecule has 0 radical (unpaired) electrons. The lowest BCUT2D eigenvalue weighted by Crippen LogP contribution is -2.31. The fraction of sp³-hybridized carbons (Fsp3) is 0.500. The first-order valence-electron chi connectivity index (χ1n) is 6.26. The summed E-state index contributed by atoms with van der Waals surface area (Å²) in [6, 6.07) is 5.62. The predicted octanol–water partition coefficient (Wildman–Crippen LogP) is 2.75. The average molecular weight is 252 g/mol. The number of rotatable bonds is 3. The zero-order chi connectivity index (χ0) is 13.1. The van der Waals surface area contributed by atoms with Gasteiger partial charge in [0.25, 0.3) is 0 Å². The minimum absolute atomic E-state index is 0.276. The van der Waals surface area contributed by atoms with Crippen molar-refractivity contribution >= 4 is 5.97 Å². The minimum atomic E-state index is -0.846. The van der Waals surface area contributed by atoms with Crippen molar-refractivity contribution in [2.24, 2.45) is 11.8 Å². The number of carboxylic acids is 1. The molecule has 0 bridgehead atoms. The molecule has 1 aromatic rings. The third-order valence-corrected chi connectivity index (χ3v) is 3.75. The third kappa shape index (κ3) is 2.70. The number of benzene rings is 1. The molecule has 1 fully saturated rings. The van der Waals surface area contributed by atoms with Gasteiger partial charge in [0, 0.05) is 5.92 Å². The van der Waals surface area contributed by atoms with E-state index in [2.05, 4.69) is 0 Å². The van der Waals surface area contributed by atoms with Crippen LogP contribution in [0.5, 0.6) is 0 Å². The van der Waals surface area contributed by atoms with E-state index in [0.717, 1.165) is 12.8 Å². The van der Waals surface area contributed by atoms with E-state index in [9.17, 15) is 19.4 Å². The zero-order valence-corrected chi connectivity index (χ0v) is 10.1. The van der Waals surface area contributed by atoms with Gasteiger partial charge in [-0.15, -0.1) is 0 Å². The monoisotopic (exact) mass is 252 g/mol. The van der Waals surface area contributed by atoms with Crippen molar-refractivity contribution in [1.82, 2.24) is 0 Å². The highest BCUT2D eigenvalue weighted by Crippen LogP contribution is 2.38. The van der Waals surface area contributed by atoms with Crippen LogP contribution in [0.3, 0.4) is 0 Å². The van der Waals surface area contributed by atoms with Crippen molar-refractivity contribution in [2.45, 2.75) is 31.8 Å². The van der Waals surface area contributed by atoms with Crippen molar-refractivity contribution in [2.75, 3.05) is 0 Å². The van der Waals surface area contributed by atoms with Crippen LogP contribution >= 0.6 is 0 Å². The Morgan fingerprint density at radius 3 is 2.44 bits per heavy atom. The van der Waals surface area contributed by atoms with Crippen molar-refractivity contribution in [1.29, 1.82) is 0 Å². The minimum Gasteiger partial charge on any atom is -0.481 e. The summed E-state index contributed by atoms with van der Waals surface area (Å²) in [4.78, 5) is 11.2. The average Bonchev–Trinajstić information content (AvgIpc) is 2.39. The first-order valence-corrected chi connectivity index (χ1v) is 6.26. The second-order valence-corrected chi connectivity index (χ2v) is 4.89. The van der Waals surface area contributed by atoms with E-state index in [4.69, 9.17) is 0 Å². The van der Waals surface area contributed by atoms with Crippen molar-refractivity contribution < 1.29 is 19.4 Å². The first kappa shape index (κ1) is 13.0. The fourth-order valence-electron chi connectivity index (χ4n) is 2.75. The molecule has 0 aromatic heterocycles. The van der Waals surface area contributed by atoms with Gasteiger partial charge >= 0.3 is 5.97 Å². The molecule has 3 unspecified atom stereocenters. The molecule has 0 amide bonds. The van der Waals surface area contributed by atoms with Gasteiger partial charge in [0.05, 0.1) is 12.0 Å². The van der Waals surface area contributed by atoms with Crippen molar-refractivity contribution in [3.8, 4) is 0 Å². The maximum absolute atomic E-state index is 12.8. The number of hydrogen-bond donors (Lipinski definition) is 2. The summed E-state index contributed by atoms with van der Waals surface area (Å²) in [5.74, 6) is -1.98. The number of halogens is 1. The maximum Gasteiger partial charge on any atom is 0.306 e. The Labute approximate surface area is 105 Å². The van der Waals surface area contributed by atoms with E-state index in [0.29, 0.717) is 18.4 Å². The Morgan fingerprint density at radius 1 is 1.22 bits per heavy atom. The Hall–Kier alpha value is -1.42. The SMILES string of the molecule is O=C(O)C1CCCCC1C(O)c1ccc(F)cc1.